The molecule has 78 valence electrons. The van der Waals surface area contributed by atoms with E-state index in [9.17, 15) is 0 Å². The van der Waals surface area contributed by atoms with Crippen LogP contribution in [0.1, 0.15) is 13.8 Å². The third-order valence-corrected chi connectivity index (χ3v) is 3.79. The first-order chi connectivity index (χ1) is 7.09. The van der Waals surface area contributed by atoms with Gasteiger partial charge in [0.15, 0.2) is 5.52 Å². The van der Waals surface area contributed by atoms with Gasteiger partial charge in [0.1, 0.15) is 4.70 Å². The molecule has 0 unspecified atom stereocenters. The Bertz CT molecular complexity index is 516. The Morgan fingerprint density at radius 2 is 2.20 bits per heavy atom. The van der Waals surface area contributed by atoms with Crippen molar-refractivity contribution in [2.24, 2.45) is 0 Å². The summed E-state index contributed by atoms with van der Waals surface area (Å²) >= 11 is 7.67. The molecule has 0 aliphatic carbocycles. The van der Waals surface area contributed by atoms with E-state index in [0.29, 0.717) is 6.04 Å². The van der Waals surface area contributed by atoms with E-state index in [2.05, 4.69) is 25.5 Å². The van der Waals surface area contributed by atoms with Crippen molar-refractivity contribution in [1.29, 1.82) is 0 Å². The highest BCUT2D eigenvalue weighted by molar-refractivity contribution is 7.22. The van der Waals surface area contributed by atoms with E-state index in [1.807, 2.05) is 22.8 Å². The monoisotopic (exact) mass is 239 g/mol. The SMILES string of the molecule is C=[N+](c1nc2cccc(Cl)c2s1)C(C)C. The van der Waals surface area contributed by atoms with Crippen LogP contribution in [0.2, 0.25) is 5.02 Å². The van der Waals surface area contributed by atoms with Gasteiger partial charge in [0.25, 0.3) is 0 Å². The fraction of sp³-hybridized carbons (Fsp3) is 0.273. The van der Waals surface area contributed by atoms with Crippen LogP contribution in [-0.2, 0) is 0 Å². The standard InChI is InChI=1S/C11H12ClN2S/c1-7(2)14(3)11-13-9-6-4-5-8(12)10(9)15-11/h4-7H,3H2,1-2H3/q+1. The lowest BCUT2D eigenvalue weighted by Gasteiger charge is -2.01. The molecular weight excluding hydrogens is 228 g/mol. The summed E-state index contributed by atoms with van der Waals surface area (Å²) in [7, 11) is 0. The molecule has 0 aliphatic rings. The molecule has 0 N–H and O–H groups in total. The largest absolute Gasteiger partial charge is 0.383 e. The van der Waals surface area contributed by atoms with E-state index >= 15 is 0 Å². The number of hydrogen-bond acceptors (Lipinski definition) is 2. The van der Waals surface area contributed by atoms with Gasteiger partial charge in [-0.1, -0.05) is 17.7 Å². The summed E-state index contributed by atoms with van der Waals surface area (Å²) in [6.07, 6.45) is 0. The van der Waals surface area contributed by atoms with Gasteiger partial charge in [0, 0.05) is 0 Å². The number of benzene rings is 1. The van der Waals surface area contributed by atoms with Gasteiger partial charge < -0.3 is 0 Å². The zero-order valence-electron chi connectivity index (χ0n) is 8.70. The quantitative estimate of drug-likeness (QED) is 0.577. The van der Waals surface area contributed by atoms with Crippen molar-refractivity contribution in [2.75, 3.05) is 0 Å². The zero-order chi connectivity index (χ0) is 11.0. The normalized spacial score (nSPS) is 11.2. The Kier molecular flexibility index (Phi) is 2.76. The van der Waals surface area contributed by atoms with Crippen molar-refractivity contribution >= 4 is 45.0 Å². The van der Waals surface area contributed by atoms with Gasteiger partial charge >= 0.3 is 5.13 Å². The summed E-state index contributed by atoms with van der Waals surface area (Å²) in [5.41, 5.74) is 0.941. The first-order valence-electron chi connectivity index (χ1n) is 4.74. The number of halogens is 1. The predicted octanol–water partition coefficient (Wildman–Crippen LogP) is 3.70. The van der Waals surface area contributed by atoms with Gasteiger partial charge in [-0.15, -0.1) is 0 Å². The maximum atomic E-state index is 6.09. The Labute approximate surface area is 97.8 Å². The molecule has 0 atom stereocenters. The van der Waals surface area contributed by atoms with Gasteiger partial charge in [0.2, 0.25) is 0 Å². The Hall–Kier alpha value is -0.930. The molecule has 0 saturated carbocycles. The van der Waals surface area contributed by atoms with Crippen molar-refractivity contribution < 1.29 is 4.58 Å². The number of nitrogens with zero attached hydrogens (tertiary/aromatic N) is 2. The summed E-state index contributed by atoms with van der Waals surface area (Å²) in [6, 6.07) is 6.10. The number of fused-ring (bicyclic) bond motifs is 1. The van der Waals surface area contributed by atoms with E-state index in [-0.39, 0.29) is 0 Å². The molecule has 0 amide bonds. The summed E-state index contributed by atoms with van der Waals surface area (Å²) in [5.74, 6) is 0. The van der Waals surface area contributed by atoms with Gasteiger partial charge in [-0.2, -0.15) is 0 Å². The van der Waals surface area contributed by atoms with Gasteiger partial charge in [-0.25, -0.2) is 4.58 Å². The summed E-state index contributed by atoms with van der Waals surface area (Å²) in [6.45, 7) is 8.14. The smallest absolute Gasteiger partial charge is 0.226 e. The average molecular weight is 240 g/mol. The number of aromatic nitrogens is 1. The maximum absolute atomic E-state index is 6.09. The highest BCUT2D eigenvalue weighted by Crippen LogP contribution is 2.33. The molecule has 0 radical (unpaired) electrons. The van der Waals surface area contributed by atoms with Crippen molar-refractivity contribution in [1.82, 2.24) is 4.98 Å². The molecule has 0 aliphatic heterocycles. The molecule has 0 saturated heterocycles. The van der Waals surface area contributed by atoms with E-state index in [1.54, 1.807) is 11.3 Å². The third-order valence-electron chi connectivity index (χ3n) is 2.22. The van der Waals surface area contributed by atoms with Crippen LogP contribution in [-0.4, -0.2) is 22.3 Å². The van der Waals surface area contributed by atoms with Gasteiger partial charge in [0.05, 0.1) is 17.8 Å². The molecule has 0 spiro atoms. The zero-order valence-corrected chi connectivity index (χ0v) is 10.3. The molecule has 2 rings (SSSR count). The van der Waals surface area contributed by atoms with Crippen LogP contribution in [0.5, 0.6) is 0 Å². The fourth-order valence-corrected chi connectivity index (χ4v) is 2.57. The average Bonchev–Trinajstić information content (AvgIpc) is 2.61. The topological polar surface area (TPSA) is 15.9 Å². The molecule has 0 fully saturated rings. The lowest BCUT2D eigenvalue weighted by atomic mass is 10.3. The second-order valence-corrected chi connectivity index (χ2v) is 5.03. The van der Waals surface area contributed by atoms with Gasteiger partial charge in [-0.3, -0.25) is 0 Å². The summed E-state index contributed by atoms with van der Waals surface area (Å²) < 4.78 is 2.93. The molecule has 2 nitrogen and oxygen atoms in total. The Morgan fingerprint density at radius 1 is 1.47 bits per heavy atom. The number of thiazole rings is 1. The number of hydrogen-bond donors (Lipinski definition) is 0. The summed E-state index contributed by atoms with van der Waals surface area (Å²) in [5, 5.41) is 1.67. The van der Waals surface area contributed by atoms with Crippen LogP contribution < -0.4 is 0 Å². The first kappa shape index (κ1) is 10.6. The molecule has 2 aromatic rings. The van der Waals surface area contributed by atoms with E-state index in [4.69, 9.17) is 11.6 Å². The molecular formula is C11H12ClN2S+. The molecule has 4 heteroatoms. The van der Waals surface area contributed by atoms with Crippen molar-refractivity contribution in [3.63, 3.8) is 0 Å². The molecule has 15 heavy (non-hydrogen) atoms. The fourth-order valence-electron chi connectivity index (χ4n) is 1.25. The molecule has 1 heterocycles. The van der Waals surface area contributed by atoms with Crippen LogP contribution in [0.15, 0.2) is 18.2 Å². The van der Waals surface area contributed by atoms with Crippen molar-refractivity contribution in [3.8, 4) is 0 Å². The van der Waals surface area contributed by atoms with E-state index in [0.717, 1.165) is 20.4 Å². The third kappa shape index (κ3) is 1.90. The second kappa shape index (κ2) is 3.91. The second-order valence-electron chi connectivity index (χ2n) is 3.65. The van der Waals surface area contributed by atoms with Crippen LogP contribution in [0, 0.1) is 0 Å². The Morgan fingerprint density at radius 3 is 2.80 bits per heavy atom. The van der Waals surface area contributed by atoms with Crippen LogP contribution in [0.3, 0.4) is 0 Å². The molecule has 1 aromatic carbocycles. The first-order valence-corrected chi connectivity index (χ1v) is 5.94. The molecule has 0 bridgehead atoms. The van der Waals surface area contributed by atoms with E-state index in [1.165, 1.54) is 0 Å². The minimum atomic E-state index is 0.337. The number of rotatable bonds is 2. The lowest BCUT2D eigenvalue weighted by molar-refractivity contribution is -0.466. The maximum Gasteiger partial charge on any atom is 0.383 e. The van der Waals surface area contributed by atoms with Crippen LogP contribution >= 0.6 is 22.9 Å². The minimum absolute atomic E-state index is 0.337. The van der Waals surface area contributed by atoms with Crippen molar-refractivity contribution in [3.05, 3.63) is 23.2 Å². The van der Waals surface area contributed by atoms with Crippen LogP contribution in [0.4, 0.5) is 5.13 Å². The van der Waals surface area contributed by atoms with Crippen LogP contribution in [0.25, 0.3) is 10.2 Å². The lowest BCUT2D eigenvalue weighted by Crippen LogP contribution is -2.12. The predicted molar refractivity (Wildman–Crippen MR) is 66.8 cm³/mol. The minimum Gasteiger partial charge on any atom is -0.226 e. The van der Waals surface area contributed by atoms with E-state index < -0.39 is 0 Å². The summed E-state index contributed by atoms with van der Waals surface area (Å²) in [4.78, 5) is 4.49. The molecule has 1 aromatic heterocycles. The Balaban J connectivity index is 2.57. The highest BCUT2D eigenvalue weighted by Gasteiger charge is 2.18. The van der Waals surface area contributed by atoms with Gasteiger partial charge in [-0.05, 0) is 42.3 Å². The van der Waals surface area contributed by atoms with Crippen molar-refractivity contribution in [2.45, 2.75) is 19.9 Å². The highest BCUT2D eigenvalue weighted by atomic mass is 35.5.